The molecule has 3 nitrogen and oxygen atoms in total. The Morgan fingerprint density at radius 1 is 1.27 bits per heavy atom. The molecule has 0 bridgehead atoms. The molecule has 0 amide bonds. The van der Waals surface area contributed by atoms with Crippen molar-refractivity contribution in [3.05, 3.63) is 0 Å². The van der Waals surface area contributed by atoms with E-state index in [0.29, 0.717) is 0 Å². The number of ether oxygens (including phenoxy) is 1. The first kappa shape index (κ1) is 12.9. The quantitative estimate of drug-likeness (QED) is 0.647. The molecule has 1 rings (SSSR count). The summed E-state index contributed by atoms with van der Waals surface area (Å²) in [6, 6.07) is 0. The van der Waals surface area contributed by atoms with Crippen molar-refractivity contribution in [2.24, 2.45) is 5.92 Å². The number of nitrogens with zero attached hydrogens (tertiary/aromatic N) is 1. The fourth-order valence-corrected chi connectivity index (χ4v) is 1.94. The van der Waals surface area contributed by atoms with Crippen LogP contribution in [-0.2, 0) is 4.74 Å². The second kappa shape index (κ2) is 8.08. The van der Waals surface area contributed by atoms with E-state index in [9.17, 15) is 0 Å². The Balaban J connectivity index is 1.87. The van der Waals surface area contributed by atoms with Crippen LogP contribution < -0.4 is 5.32 Å². The molecular formula is C12H26N2O. The van der Waals surface area contributed by atoms with Crippen LogP contribution in [0.25, 0.3) is 0 Å². The molecule has 3 heteroatoms. The maximum atomic E-state index is 5.26. The first-order valence-electron chi connectivity index (χ1n) is 6.33. The third-order valence-electron chi connectivity index (χ3n) is 3.11. The number of rotatable bonds is 7. The van der Waals surface area contributed by atoms with Gasteiger partial charge in [-0.25, -0.2) is 0 Å². The fraction of sp³-hybridized carbons (Fsp3) is 1.00. The van der Waals surface area contributed by atoms with E-state index in [1.165, 1.54) is 32.5 Å². The molecule has 0 atom stereocenters. The highest BCUT2D eigenvalue weighted by Gasteiger charge is 2.14. The molecule has 90 valence electrons. The molecule has 1 heterocycles. The predicted octanol–water partition coefficient (Wildman–Crippen LogP) is 1.34. The van der Waals surface area contributed by atoms with Crippen molar-refractivity contribution in [1.29, 1.82) is 0 Å². The lowest BCUT2D eigenvalue weighted by Gasteiger charge is -2.30. The molecular weight excluding hydrogens is 188 g/mol. The maximum Gasteiger partial charge on any atom is 0.0590 e. The summed E-state index contributed by atoms with van der Waals surface area (Å²) < 4.78 is 5.26. The second-order valence-electron chi connectivity index (χ2n) is 4.47. The molecule has 0 saturated carbocycles. The number of hydrogen-bond donors (Lipinski definition) is 1. The van der Waals surface area contributed by atoms with Crippen LogP contribution in [0.5, 0.6) is 0 Å². The topological polar surface area (TPSA) is 24.5 Å². The van der Waals surface area contributed by atoms with Crippen LogP contribution in [0.3, 0.4) is 0 Å². The zero-order valence-electron chi connectivity index (χ0n) is 10.3. The van der Waals surface area contributed by atoms with Crippen molar-refractivity contribution < 1.29 is 4.74 Å². The van der Waals surface area contributed by atoms with E-state index in [4.69, 9.17) is 4.74 Å². The van der Waals surface area contributed by atoms with Gasteiger partial charge in [0.25, 0.3) is 0 Å². The van der Waals surface area contributed by atoms with E-state index >= 15 is 0 Å². The molecule has 0 aromatic rings. The Kier molecular flexibility index (Phi) is 6.98. The standard InChI is InChI=1S/C12H26N2O/c1-3-15-11-7-13-6-10-14-8-4-12(2)5-9-14/h12-13H,3-11H2,1-2H3. The largest absolute Gasteiger partial charge is 0.380 e. The summed E-state index contributed by atoms with van der Waals surface area (Å²) in [7, 11) is 0. The van der Waals surface area contributed by atoms with Crippen molar-refractivity contribution in [3.8, 4) is 0 Å². The van der Waals surface area contributed by atoms with Crippen LogP contribution in [0.4, 0.5) is 0 Å². The van der Waals surface area contributed by atoms with Gasteiger partial charge in [0.2, 0.25) is 0 Å². The summed E-state index contributed by atoms with van der Waals surface area (Å²) in [5.41, 5.74) is 0. The van der Waals surface area contributed by atoms with Crippen LogP contribution in [0.2, 0.25) is 0 Å². The highest BCUT2D eigenvalue weighted by atomic mass is 16.5. The van der Waals surface area contributed by atoms with E-state index in [1.54, 1.807) is 0 Å². The lowest BCUT2D eigenvalue weighted by atomic mass is 9.99. The summed E-state index contributed by atoms with van der Waals surface area (Å²) in [6.45, 7) is 11.9. The Labute approximate surface area is 94.2 Å². The van der Waals surface area contributed by atoms with Gasteiger partial charge in [-0.15, -0.1) is 0 Å². The van der Waals surface area contributed by atoms with E-state index < -0.39 is 0 Å². The van der Waals surface area contributed by atoms with Crippen molar-refractivity contribution in [1.82, 2.24) is 10.2 Å². The lowest BCUT2D eigenvalue weighted by Crippen LogP contribution is -2.38. The van der Waals surface area contributed by atoms with E-state index in [1.807, 2.05) is 6.92 Å². The van der Waals surface area contributed by atoms with Crippen LogP contribution in [-0.4, -0.2) is 50.8 Å². The Bertz CT molecular complexity index is 145. The summed E-state index contributed by atoms with van der Waals surface area (Å²) in [5.74, 6) is 0.937. The Morgan fingerprint density at radius 3 is 2.67 bits per heavy atom. The lowest BCUT2D eigenvalue weighted by molar-refractivity contribution is 0.146. The number of likely N-dealkylation sites (tertiary alicyclic amines) is 1. The number of nitrogens with one attached hydrogen (secondary N) is 1. The van der Waals surface area contributed by atoms with Gasteiger partial charge in [-0.3, -0.25) is 0 Å². The van der Waals surface area contributed by atoms with Crippen LogP contribution in [0.15, 0.2) is 0 Å². The highest BCUT2D eigenvalue weighted by molar-refractivity contribution is 4.69. The van der Waals surface area contributed by atoms with Crippen LogP contribution in [0, 0.1) is 5.92 Å². The zero-order valence-corrected chi connectivity index (χ0v) is 10.3. The van der Waals surface area contributed by atoms with Crippen molar-refractivity contribution in [3.63, 3.8) is 0 Å². The minimum atomic E-state index is 0.825. The molecule has 1 aliphatic rings. The summed E-state index contributed by atoms with van der Waals surface area (Å²) >= 11 is 0. The Hall–Kier alpha value is -0.120. The van der Waals surface area contributed by atoms with Gasteiger partial charge in [-0.2, -0.15) is 0 Å². The van der Waals surface area contributed by atoms with Crippen molar-refractivity contribution in [2.75, 3.05) is 45.9 Å². The van der Waals surface area contributed by atoms with Crippen LogP contribution in [0.1, 0.15) is 26.7 Å². The molecule has 0 aliphatic carbocycles. The third-order valence-corrected chi connectivity index (χ3v) is 3.11. The maximum absolute atomic E-state index is 5.26. The highest BCUT2D eigenvalue weighted by Crippen LogP contribution is 2.14. The summed E-state index contributed by atoms with van der Waals surface area (Å²) in [6.07, 6.45) is 2.75. The predicted molar refractivity (Wildman–Crippen MR) is 64.2 cm³/mol. The van der Waals surface area contributed by atoms with Gasteiger partial charge in [0.1, 0.15) is 0 Å². The average molecular weight is 214 g/mol. The monoisotopic (exact) mass is 214 g/mol. The summed E-state index contributed by atoms with van der Waals surface area (Å²) in [4.78, 5) is 2.56. The van der Waals surface area contributed by atoms with E-state index in [0.717, 1.165) is 32.2 Å². The molecule has 1 fully saturated rings. The average Bonchev–Trinajstić information content (AvgIpc) is 2.26. The molecule has 0 aromatic carbocycles. The van der Waals surface area contributed by atoms with Gasteiger partial charge < -0.3 is 15.0 Å². The molecule has 0 unspecified atom stereocenters. The molecule has 1 aliphatic heterocycles. The molecule has 0 radical (unpaired) electrons. The molecule has 0 spiro atoms. The normalized spacial score (nSPS) is 19.6. The van der Waals surface area contributed by atoms with Crippen molar-refractivity contribution in [2.45, 2.75) is 26.7 Å². The van der Waals surface area contributed by atoms with Gasteiger partial charge in [0.05, 0.1) is 6.61 Å². The number of hydrogen-bond acceptors (Lipinski definition) is 3. The van der Waals surface area contributed by atoms with E-state index in [-0.39, 0.29) is 0 Å². The third kappa shape index (κ3) is 6.13. The second-order valence-corrected chi connectivity index (χ2v) is 4.47. The molecule has 1 N–H and O–H groups in total. The van der Waals surface area contributed by atoms with Gasteiger partial charge in [-0.05, 0) is 38.8 Å². The van der Waals surface area contributed by atoms with Gasteiger partial charge in [0, 0.05) is 26.2 Å². The molecule has 1 saturated heterocycles. The molecule has 0 aromatic heterocycles. The SMILES string of the molecule is CCOCCNCCN1CCC(C)CC1. The van der Waals surface area contributed by atoms with Crippen LogP contribution >= 0.6 is 0 Å². The molecule has 15 heavy (non-hydrogen) atoms. The summed E-state index contributed by atoms with van der Waals surface area (Å²) in [5, 5.41) is 3.41. The minimum Gasteiger partial charge on any atom is -0.380 e. The van der Waals surface area contributed by atoms with Crippen molar-refractivity contribution >= 4 is 0 Å². The van der Waals surface area contributed by atoms with Gasteiger partial charge in [0.15, 0.2) is 0 Å². The first-order valence-corrected chi connectivity index (χ1v) is 6.33. The van der Waals surface area contributed by atoms with E-state index in [2.05, 4.69) is 17.1 Å². The smallest absolute Gasteiger partial charge is 0.0590 e. The zero-order chi connectivity index (χ0) is 10.9. The van der Waals surface area contributed by atoms with Gasteiger partial charge >= 0.3 is 0 Å². The van der Waals surface area contributed by atoms with Gasteiger partial charge in [-0.1, -0.05) is 6.92 Å². The first-order chi connectivity index (χ1) is 7.33. The Morgan fingerprint density at radius 2 is 2.00 bits per heavy atom. The number of piperidine rings is 1. The minimum absolute atomic E-state index is 0.825. The fourth-order valence-electron chi connectivity index (χ4n) is 1.94.